The van der Waals surface area contributed by atoms with Crippen molar-refractivity contribution in [1.29, 1.82) is 0 Å². The molecule has 0 spiro atoms. The van der Waals surface area contributed by atoms with Gasteiger partial charge in [-0.2, -0.15) is 0 Å². The molecular formula is C18H26N2O4. The molecule has 0 heterocycles. The topological polar surface area (TPSA) is 84.5 Å². The minimum absolute atomic E-state index is 0.0187. The summed E-state index contributed by atoms with van der Waals surface area (Å²) in [6.07, 6.45) is 4.73. The number of ether oxygens (including phenoxy) is 1. The van der Waals surface area contributed by atoms with Gasteiger partial charge in [0.25, 0.3) is 0 Å². The molecule has 0 aliphatic rings. The van der Waals surface area contributed by atoms with Crippen molar-refractivity contribution in [2.75, 3.05) is 18.5 Å². The molecular weight excluding hydrogens is 308 g/mol. The molecule has 0 radical (unpaired) electrons. The Morgan fingerprint density at radius 3 is 2.62 bits per heavy atom. The minimum atomic E-state index is -0.487. The first-order valence-corrected chi connectivity index (χ1v) is 8.34. The first-order valence-electron chi connectivity index (χ1n) is 8.34. The Morgan fingerprint density at radius 2 is 1.92 bits per heavy atom. The summed E-state index contributed by atoms with van der Waals surface area (Å²) in [7, 11) is 0. The van der Waals surface area contributed by atoms with E-state index in [2.05, 4.69) is 17.6 Å². The molecule has 132 valence electrons. The van der Waals surface area contributed by atoms with Gasteiger partial charge in [-0.25, -0.2) is 4.79 Å². The molecule has 0 unspecified atom stereocenters. The molecule has 0 aliphatic heterocycles. The lowest BCUT2D eigenvalue weighted by molar-refractivity contribution is -0.121. The molecule has 0 fully saturated rings. The van der Waals surface area contributed by atoms with E-state index in [1.807, 2.05) is 0 Å². The highest BCUT2D eigenvalue weighted by Crippen LogP contribution is 2.11. The fourth-order valence-corrected chi connectivity index (χ4v) is 2.15. The van der Waals surface area contributed by atoms with Crippen molar-refractivity contribution in [3.63, 3.8) is 0 Å². The van der Waals surface area contributed by atoms with Crippen LogP contribution < -0.4 is 10.6 Å². The van der Waals surface area contributed by atoms with Gasteiger partial charge in [-0.3, -0.25) is 9.59 Å². The van der Waals surface area contributed by atoms with Crippen LogP contribution in [0.2, 0.25) is 0 Å². The predicted molar refractivity (Wildman–Crippen MR) is 92.8 cm³/mol. The summed E-state index contributed by atoms with van der Waals surface area (Å²) < 4.78 is 5.12. The third-order valence-corrected chi connectivity index (χ3v) is 3.33. The zero-order chi connectivity index (χ0) is 17.8. The third kappa shape index (κ3) is 8.31. The predicted octanol–water partition coefficient (Wildman–Crippen LogP) is 2.89. The van der Waals surface area contributed by atoms with E-state index >= 15 is 0 Å². The number of benzene rings is 1. The lowest BCUT2D eigenvalue weighted by Gasteiger charge is -2.08. The second kappa shape index (κ2) is 11.2. The zero-order valence-corrected chi connectivity index (χ0v) is 14.4. The smallest absolute Gasteiger partial charge is 0.338 e. The van der Waals surface area contributed by atoms with Crippen LogP contribution in [-0.4, -0.2) is 30.9 Å². The second-order valence-electron chi connectivity index (χ2n) is 5.56. The highest BCUT2D eigenvalue weighted by atomic mass is 16.5. The third-order valence-electron chi connectivity index (χ3n) is 3.33. The molecule has 0 bridgehead atoms. The number of nitrogens with one attached hydrogen (secondary N) is 2. The molecule has 24 heavy (non-hydrogen) atoms. The van der Waals surface area contributed by atoms with Gasteiger partial charge in [0.05, 0.1) is 12.1 Å². The van der Waals surface area contributed by atoms with Gasteiger partial charge in [0.1, 0.15) is 6.61 Å². The van der Waals surface area contributed by atoms with Crippen LogP contribution in [-0.2, 0) is 14.3 Å². The van der Waals surface area contributed by atoms with E-state index in [4.69, 9.17) is 4.74 Å². The average molecular weight is 334 g/mol. The number of hydrogen-bond acceptors (Lipinski definition) is 4. The number of rotatable bonds is 10. The summed E-state index contributed by atoms with van der Waals surface area (Å²) in [6.45, 7) is 3.93. The largest absolute Gasteiger partial charge is 0.460 e. The summed E-state index contributed by atoms with van der Waals surface area (Å²) in [5, 5.41) is 5.34. The van der Waals surface area contributed by atoms with E-state index in [0.29, 0.717) is 24.2 Å². The number of esters is 1. The lowest BCUT2D eigenvalue weighted by Crippen LogP contribution is -2.27. The monoisotopic (exact) mass is 334 g/mol. The molecule has 0 saturated heterocycles. The van der Waals surface area contributed by atoms with E-state index in [0.717, 1.165) is 25.7 Å². The zero-order valence-electron chi connectivity index (χ0n) is 14.4. The first-order chi connectivity index (χ1) is 11.5. The molecule has 0 saturated carbocycles. The van der Waals surface area contributed by atoms with Crippen LogP contribution in [0.5, 0.6) is 0 Å². The molecule has 0 atom stereocenters. The standard InChI is InChI=1S/C18H26N2O4/c1-3-4-5-6-10-17(22)19-11-12-24-18(23)15-8-7-9-16(13-15)20-14(2)21/h7-9,13H,3-6,10-12H2,1-2H3,(H,19,22)(H,20,21). The quantitative estimate of drug-likeness (QED) is 0.509. The van der Waals surface area contributed by atoms with Crippen LogP contribution >= 0.6 is 0 Å². The van der Waals surface area contributed by atoms with Crippen molar-refractivity contribution in [2.24, 2.45) is 0 Å². The highest BCUT2D eigenvalue weighted by Gasteiger charge is 2.08. The van der Waals surface area contributed by atoms with Crippen molar-refractivity contribution in [3.8, 4) is 0 Å². The SMILES string of the molecule is CCCCCCC(=O)NCCOC(=O)c1cccc(NC(C)=O)c1. The Morgan fingerprint density at radius 1 is 1.12 bits per heavy atom. The Kier molecular flexibility index (Phi) is 9.19. The van der Waals surface area contributed by atoms with E-state index in [1.54, 1.807) is 24.3 Å². The van der Waals surface area contributed by atoms with Crippen LogP contribution in [0.3, 0.4) is 0 Å². The van der Waals surface area contributed by atoms with Crippen LogP contribution in [0, 0.1) is 0 Å². The maximum atomic E-state index is 11.9. The van der Waals surface area contributed by atoms with E-state index in [9.17, 15) is 14.4 Å². The summed E-state index contributed by atoms with van der Waals surface area (Å²) in [5.74, 6) is -0.712. The molecule has 1 aromatic carbocycles. The van der Waals surface area contributed by atoms with Gasteiger partial charge in [0.15, 0.2) is 0 Å². The molecule has 2 N–H and O–H groups in total. The Balaban J connectivity index is 2.26. The molecule has 6 heteroatoms. The normalized spacial score (nSPS) is 10.1. The minimum Gasteiger partial charge on any atom is -0.460 e. The molecule has 2 amide bonds. The number of hydrogen-bond donors (Lipinski definition) is 2. The number of amides is 2. The van der Waals surface area contributed by atoms with Crippen molar-refractivity contribution < 1.29 is 19.1 Å². The van der Waals surface area contributed by atoms with Crippen LogP contribution in [0.4, 0.5) is 5.69 Å². The van der Waals surface area contributed by atoms with E-state index in [1.165, 1.54) is 6.92 Å². The van der Waals surface area contributed by atoms with Gasteiger partial charge in [0.2, 0.25) is 11.8 Å². The summed E-state index contributed by atoms with van der Waals surface area (Å²) in [6, 6.07) is 6.52. The van der Waals surface area contributed by atoms with Gasteiger partial charge in [-0.05, 0) is 24.6 Å². The molecule has 1 aromatic rings. The van der Waals surface area contributed by atoms with Crippen molar-refractivity contribution in [3.05, 3.63) is 29.8 Å². The molecule has 0 aromatic heterocycles. The Labute approximate surface area is 143 Å². The molecule has 1 rings (SSSR count). The first kappa shape index (κ1) is 19.7. The number of carbonyl (C=O) groups is 3. The van der Waals surface area contributed by atoms with Crippen molar-refractivity contribution in [1.82, 2.24) is 5.32 Å². The van der Waals surface area contributed by atoms with Crippen molar-refractivity contribution in [2.45, 2.75) is 46.0 Å². The van der Waals surface area contributed by atoms with Gasteiger partial charge in [0, 0.05) is 19.0 Å². The van der Waals surface area contributed by atoms with Gasteiger partial charge < -0.3 is 15.4 Å². The van der Waals surface area contributed by atoms with Crippen LogP contribution in [0.1, 0.15) is 56.3 Å². The van der Waals surface area contributed by atoms with E-state index < -0.39 is 5.97 Å². The Bertz CT molecular complexity index is 558. The highest BCUT2D eigenvalue weighted by molar-refractivity contribution is 5.93. The van der Waals surface area contributed by atoms with E-state index in [-0.39, 0.29) is 18.4 Å². The summed E-state index contributed by atoms with van der Waals surface area (Å²) in [5.41, 5.74) is 0.893. The van der Waals surface area contributed by atoms with Gasteiger partial charge >= 0.3 is 5.97 Å². The second-order valence-corrected chi connectivity index (χ2v) is 5.56. The van der Waals surface area contributed by atoms with Crippen LogP contribution in [0.25, 0.3) is 0 Å². The molecule has 0 aliphatic carbocycles. The Hall–Kier alpha value is -2.37. The maximum Gasteiger partial charge on any atom is 0.338 e. The maximum absolute atomic E-state index is 11.9. The summed E-state index contributed by atoms with van der Waals surface area (Å²) >= 11 is 0. The number of anilines is 1. The summed E-state index contributed by atoms with van der Waals surface area (Å²) in [4.78, 5) is 34.5. The fraction of sp³-hybridized carbons (Fsp3) is 0.500. The van der Waals surface area contributed by atoms with Crippen molar-refractivity contribution >= 4 is 23.5 Å². The van der Waals surface area contributed by atoms with Gasteiger partial charge in [-0.15, -0.1) is 0 Å². The number of carbonyl (C=O) groups excluding carboxylic acids is 3. The number of unbranched alkanes of at least 4 members (excludes halogenated alkanes) is 3. The lowest BCUT2D eigenvalue weighted by atomic mass is 10.1. The fourth-order valence-electron chi connectivity index (χ4n) is 2.15. The average Bonchev–Trinajstić information content (AvgIpc) is 2.55. The van der Waals surface area contributed by atoms with Gasteiger partial charge in [-0.1, -0.05) is 32.3 Å². The molecule has 6 nitrogen and oxygen atoms in total. The van der Waals surface area contributed by atoms with Crippen LogP contribution in [0.15, 0.2) is 24.3 Å².